The highest BCUT2D eigenvalue weighted by atomic mass is 19.3. The standard InChI is InChI=1S/C19H20F2N4O5/c1-9-15(19(23)28)17-13(30-9)3-2-12(16(17)11(7-26)18(22)27)29-8-10-4-5-24-25(10)6-14(20)21/h2-5,11,14,26H,6-8H2,1H3,(H2,22,27)(H2,23,28). The van der Waals surface area contributed by atoms with E-state index in [4.69, 9.17) is 20.6 Å². The number of primary amides is 2. The van der Waals surface area contributed by atoms with Crippen LogP contribution >= 0.6 is 0 Å². The van der Waals surface area contributed by atoms with Gasteiger partial charge in [-0.15, -0.1) is 0 Å². The van der Waals surface area contributed by atoms with E-state index in [9.17, 15) is 23.5 Å². The van der Waals surface area contributed by atoms with Crippen molar-refractivity contribution in [2.75, 3.05) is 6.61 Å². The number of carbonyl (C=O) groups is 2. The van der Waals surface area contributed by atoms with Crippen LogP contribution in [0.5, 0.6) is 5.75 Å². The summed E-state index contributed by atoms with van der Waals surface area (Å²) in [5, 5.41) is 13.8. The number of amides is 2. The summed E-state index contributed by atoms with van der Waals surface area (Å²) in [6, 6.07) is 4.50. The molecule has 11 heteroatoms. The summed E-state index contributed by atoms with van der Waals surface area (Å²) in [6.45, 7) is 0.109. The van der Waals surface area contributed by atoms with Gasteiger partial charge in [-0.3, -0.25) is 14.3 Å². The fraction of sp³-hybridized carbons (Fsp3) is 0.316. The molecule has 0 spiro atoms. The molecule has 30 heavy (non-hydrogen) atoms. The van der Waals surface area contributed by atoms with Crippen LogP contribution in [0.3, 0.4) is 0 Å². The zero-order chi connectivity index (χ0) is 22.0. The van der Waals surface area contributed by atoms with Crippen molar-refractivity contribution in [1.82, 2.24) is 9.78 Å². The van der Waals surface area contributed by atoms with E-state index in [0.717, 1.165) is 4.68 Å². The van der Waals surface area contributed by atoms with Gasteiger partial charge in [0.2, 0.25) is 5.91 Å². The number of aryl methyl sites for hydroxylation is 1. The largest absolute Gasteiger partial charge is 0.487 e. The van der Waals surface area contributed by atoms with E-state index in [2.05, 4.69) is 5.10 Å². The highest BCUT2D eigenvalue weighted by Crippen LogP contribution is 2.39. The highest BCUT2D eigenvalue weighted by molar-refractivity contribution is 6.09. The molecule has 0 aliphatic rings. The van der Waals surface area contributed by atoms with Crippen molar-refractivity contribution in [2.24, 2.45) is 11.5 Å². The number of aromatic nitrogens is 2. The average Bonchev–Trinajstić information content (AvgIpc) is 3.23. The third-order valence-electron chi connectivity index (χ3n) is 4.64. The first-order valence-electron chi connectivity index (χ1n) is 8.92. The van der Waals surface area contributed by atoms with E-state index in [0.29, 0.717) is 5.69 Å². The number of fused-ring (bicyclic) bond motifs is 1. The second-order valence-corrected chi connectivity index (χ2v) is 6.57. The summed E-state index contributed by atoms with van der Waals surface area (Å²) in [6.07, 6.45) is -1.24. The number of furan rings is 1. The van der Waals surface area contributed by atoms with Gasteiger partial charge in [-0.1, -0.05) is 0 Å². The molecule has 2 aromatic heterocycles. The van der Waals surface area contributed by atoms with E-state index in [1.165, 1.54) is 31.3 Å². The summed E-state index contributed by atoms with van der Waals surface area (Å²) in [5.41, 5.74) is 11.7. The quantitative estimate of drug-likeness (QED) is 0.475. The maximum absolute atomic E-state index is 12.7. The molecule has 1 unspecified atom stereocenters. The molecular weight excluding hydrogens is 402 g/mol. The first-order chi connectivity index (χ1) is 14.2. The third-order valence-corrected chi connectivity index (χ3v) is 4.64. The lowest BCUT2D eigenvalue weighted by molar-refractivity contribution is -0.120. The summed E-state index contributed by atoms with van der Waals surface area (Å²) < 4.78 is 37.8. The number of halogens is 2. The molecule has 0 aliphatic heterocycles. The molecule has 1 aromatic carbocycles. The van der Waals surface area contributed by atoms with Crippen LogP contribution in [0.2, 0.25) is 0 Å². The number of nitrogens with two attached hydrogens (primary N) is 2. The Bertz CT molecular complexity index is 1090. The Labute approximate surface area is 169 Å². The number of aliphatic hydroxyl groups excluding tert-OH is 1. The van der Waals surface area contributed by atoms with Gasteiger partial charge in [0.05, 0.1) is 23.8 Å². The average molecular weight is 422 g/mol. The molecule has 3 rings (SSSR count). The van der Waals surface area contributed by atoms with Gasteiger partial charge in [0.15, 0.2) is 0 Å². The lowest BCUT2D eigenvalue weighted by atomic mass is 9.92. The van der Waals surface area contributed by atoms with E-state index < -0.39 is 37.3 Å². The monoisotopic (exact) mass is 422 g/mol. The summed E-state index contributed by atoms with van der Waals surface area (Å²) in [7, 11) is 0. The Kier molecular flexibility index (Phi) is 6.01. The predicted molar refractivity (Wildman–Crippen MR) is 101 cm³/mol. The minimum absolute atomic E-state index is 0.0351. The zero-order valence-corrected chi connectivity index (χ0v) is 16.0. The Morgan fingerprint density at radius 1 is 1.30 bits per heavy atom. The Morgan fingerprint density at radius 2 is 2.03 bits per heavy atom. The van der Waals surface area contributed by atoms with Crippen molar-refractivity contribution in [3.8, 4) is 5.75 Å². The van der Waals surface area contributed by atoms with Gasteiger partial charge < -0.3 is 25.7 Å². The lowest BCUT2D eigenvalue weighted by Crippen LogP contribution is -2.25. The van der Waals surface area contributed by atoms with Gasteiger partial charge >= 0.3 is 0 Å². The van der Waals surface area contributed by atoms with Crippen LogP contribution in [0.15, 0.2) is 28.8 Å². The molecule has 0 radical (unpaired) electrons. The van der Waals surface area contributed by atoms with Crippen molar-refractivity contribution < 1.29 is 32.6 Å². The van der Waals surface area contributed by atoms with Gasteiger partial charge in [0.1, 0.15) is 30.2 Å². The van der Waals surface area contributed by atoms with Crippen LogP contribution in [0.25, 0.3) is 11.0 Å². The molecule has 0 aliphatic carbocycles. The summed E-state index contributed by atoms with van der Waals surface area (Å²) in [4.78, 5) is 24.0. The molecule has 2 heterocycles. The van der Waals surface area contributed by atoms with Gasteiger partial charge in [0.25, 0.3) is 12.3 Å². The molecule has 2 amide bonds. The van der Waals surface area contributed by atoms with E-state index in [1.54, 1.807) is 0 Å². The molecular formula is C19H20F2N4O5. The van der Waals surface area contributed by atoms with Gasteiger partial charge in [0, 0.05) is 17.1 Å². The van der Waals surface area contributed by atoms with E-state index >= 15 is 0 Å². The molecule has 9 nitrogen and oxygen atoms in total. The van der Waals surface area contributed by atoms with E-state index in [-0.39, 0.29) is 40.2 Å². The topological polar surface area (TPSA) is 147 Å². The number of carbonyl (C=O) groups excluding carboxylic acids is 2. The van der Waals surface area contributed by atoms with Crippen LogP contribution in [0, 0.1) is 6.92 Å². The van der Waals surface area contributed by atoms with Crippen molar-refractivity contribution in [2.45, 2.75) is 32.4 Å². The number of rotatable bonds is 9. The number of aliphatic hydroxyl groups is 1. The van der Waals surface area contributed by atoms with Crippen molar-refractivity contribution in [1.29, 1.82) is 0 Å². The zero-order valence-electron chi connectivity index (χ0n) is 16.0. The molecule has 0 fully saturated rings. The van der Waals surface area contributed by atoms with Crippen LogP contribution in [0.4, 0.5) is 8.78 Å². The molecule has 0 saturated heterocycles. The third kappa shape index (κ3) is 3.96. The Balaban J connectivity index is 2.10. The van der Waals surface area contributed by atoms with Crippen LogP contribution in [-0.2, 0) is 17.9 Å². The number of alkyl halides is 2. The smallest absolute Gasteiger partial charge is 0.257 e. The van der Waals surface area contributed by atoms with E-state index in [1.807, 2.05) is 0 Å². The fourth-order valence-electron chi connectivity index (χ4n) is 3.34. The number of benzene rings is 1. The minimum Gasteiger partial charge on any atom is -0.487 e. The predicted octanol–water partition coefficient (Wildman–Crippen LogP) is 1.44. The maximum atomic E-state index is 12.7. The van der Waals surface area contributed by atoms with Crippen molar-refractivity contribution in [3.63, 3.8) is 0 Å². The Morgan fingerprint density at radius 3 is 2.63 bits per heavy atom. The summed E-state index contributed by atoms with van der Waals surface area (Å²) in [5.74, 6) is -2.52. The molecule has 0 saturated carbocycles. The van der Waals surface area contributed by atoms with Crippen LogP contribution < -0.4 is 16.2 Å². The SMILES string of the molecule is Cc1oc2ccc(OCc3ccnn3CC(F)F)c(C(CO)C(N)=O)c2c1C(N)=O. The number of nitrogens with zero attached hydrogens (tertiary/aromatic N) is 2. The first kappa shape index (κ1) is 21.2. The van der Waals surface area contributed by atoms with Crippen LogP contribution in [0.1, 0.15) is 33.3 Å². The number of hydrogen-bond donors (Lipinski definition) is 3. The Hall–Kier alpha value is -3.47. The molecule has 1 atom stereocenters. The number of ether oxygens (including phenoxy) is 1. The van der Waals surface area contributed by atoms with Crippen LogP contribution in [-0.4, -0.2) is 39.7 Å². The minimum atomic E-state index is -2.60. The van der Waals surface area contributed by atoms with Gasteiger partial charge in [-0.2, -0.15) is 5.10 Å². The molecule has 5 N–H and O–H groups in total. The molecule has 0 bridgehead atoms. The number of hydrogen-bond acceptors (Lipinski definition) is 6. The second kappa shape index (κ2) is 8.49. The normalized spacial score (nSPS) is 12.4. The van der Waals surface area contributed by atoms with Crippen molar-refractivity contribution in [3.05, 3.63) is 47.0 Å². The maximum Gasteiger partial charge on any atom is 0.257 e. The molecule has 160 valence electrons. The first-order valence-corrected chi connectivity index (χ1v) is 8.92. The molecule has 3 aromatic rings. The van der Waals surface area contributed by atoms with Gasteiger partial charge in [-0.05, 0) is 25.1 Å². The second-order valence-electron chi connectivity index (χ2n) is 6.57. The van der Waals surface area contributed by atoms with Crippen molar-refractivity contribution >= 4 is 22.8 Å². The highest BCUT2D eigenvalue weighted by Gasteiger charge is 2.29. The lowest BCUT2D eigenvalue weighted by Gasteiger charge is -2.18. The van der Waals surface area contributed by atoms with Gasteiger partial charge in [-0.25, -0.2) is 8.78 Å². The summed E-state index contributed by atoms with van der Waals surface area (Å²) >= 11 is 0. The fourth-order valence-corrected chi connectivity index (χ4v) is 3.34.